The molecule has 3 aliphatic rings. The van der Waals surface area contributed by atoms with E-state index in [1.165, 1.54) is 6.92 Å². The number of nitriles is 1. The molecule has 46 heavy (non-hydrogen) atoms. The lowest BCUT2D eigenvalue weighted by molar-refractivity contribution is -0.257. The van der Waals surface area contributed by atoms with E-state index in [-0.39, 0.29) is 46.6 Å². The first-order chi connectivity index (χ1) is 21.8. The van der Waals surface area contributed by atoms with Crippen molar-refractivity contribution in [1.29, 1.82) is 5.26 Å². The van der Waals surface area contributed by atoms with Gasteiger partial charge in [-0.15, -0.1) is 0 Å². The Morgan fingerprint density at radius 2 is 1.93 bits per heavy atom. The van der Waals surface area contributed by atoms with E-state index in [1.54, 1.807) is 54.9 Å². The predicted molar refractivity (Wildman–Crippen MR) is 165 cm³/mol. The number of benzene rings is 1. The molecule has 2 fully saturated rings. The van der Waals surface area contributed by atoms with E-state index in [9.17, 15) is 24.8 Å². The molecule has 10 heteroatoms. The molecular formula is C36H38N2O8. The lowest BCUT2D eigenvalue weighted by atomic mass is 9.41. The maximum atomic E-state index is 13.8. The van der Waals surface area contributed by atoms with E-state index in [0.717, 1.165) is 6.42 Å². The zero-order chi connectivity index (χ0) is 33.0. The fraction of sp³-hybridized carbons (Fsp3) is 0.472. The van der Waals surface area contributed by atoms with Crippen molar-refractivity contribution in [2.24, 2.45) is 28.6 Å². The van der Waals surface area contributed by atoms with Crippen molar-refractivity contribution in [2.75, 3.05) is 6.61 Å². The average Bonchev–Trinajstić information content (AvgIpc) is 3.03. The minimum atomic E-state index is -1.32. The first kappa shape index (κ1) is 31.5. The number of nitrogens with zero attached hydrogens (tertiary/aromatic N) is 2. The zero-order valence-electron chi connectivity index (χ0n) is 26.6. The van der Waals surface area contributed by atoms with Crippen LogP contribution in [0.5, 0.6) is 5.75 Å². The van der Waals surface area contributed by atoms with Crippen LogP contribution in [0.25, 0.3) is 11.3 Å². The van der Waals surface area contributed by atoms with Crippen molar-refractivity contribution in [1.82, 2.24) is 4.98 Å². The Kier molecular flexibility index (Phi) is 7.80. The highest BCUT2D eigenvalue weighted by molar-refractivity contribution is 5.92. The summed E-state index contributed by atoms with van der Waals surface area (Å²) in [4.78, 5) is 43.5. The second-order valence-electron chi connectivity index (χ2n) is 13.7. The molecule has 2 aromatic heterocycles. The van der Waals surface area contributed by atoms with Gasteiger partial charge in [-0.05, 0) is 67.7 Å². The molecule has 0 spiro atoms. The van der Waals surface area contributed by atoms with Gasteiger partial charge in [0, 0.05) is 42.3 Å². The maximum absolute atomic E-state index is 13.8. The monoisotopic (exact) mass is 626 g/mol. The molecule has 240 valence electrons. The van der Waals surface area contributed by atoms with Crippen LogP contribution in [0.1, 0.15) is 81.5 Å². The minimum Gasteiger partial charge on any atom is -0.482 e. The van der Waals surface area contributed by atoms with Crippen LogP contribution in [0.15, 0.2) is 64.1 Å². The van der Waals surface area contributed by atoms with Gasteiger partial charge < -0.3 is 23.7 Å². The summed E-state index contributed by atoms with van der Waals surface area (Å²) in [5, 5.41) is 21.9. The molecule has 8 atom stereocenters. The molecule has 2 aliphatic carbocycles. The maximum Gasteiger partial charge on any atom is 0.345 e. The van der Waals surface area contributed by atoms with Crippen LogP contribution in [0, 0.1) is 39.9 Å². The van der Waals surface area contributed by atoms with Gasteiger partial charge in [0.15, 0.2) is 0 Å². The van der Waals surface area contributed by atoms with Gasteiger partial charge >= 0.3 is 17.6 Å². The molecule has 2 saturated carbocycles. The van der Waals surface area contributed by atoms with Crippen molar-refractivity contribution in [3.8, 4) is 23.1 Å². The lowest BCUT2D eigenvalue weighted by Crippen LogP contribution is -2.70. The van der Waals surface area contributed by atoms with Gasteiger partial charge in [0.05, 0.1) is 23.8 Å². The highest BCUT2D eigenvalue weighted by atomic mass is 16.6. The van der Waals surface area contributed by atoms with Crippen LogP contribution in [0.4, 0.5) is 0 Å². The number of carbonyl (C=O) groups excluding carboxylic acids is 2. The number of hydrogen-bond donors (Lipinski definition) is 1. The summed E-state index contributed by atoms with van der Waals surface area (Å²) in [7, 11) is 0. The number of aliphatic hydroxyl groups excluding tert-OH is 1. The fourth-order valence-corrected chi connectivity index (χ4v) is 8.65. The summed E-state index contributed by atoms with van der Waals surface area (Å²) in [6, 6.07) is 13.5. The fourth-order valence-electron chi connectivity index (χ4n) is 8.65. The molecule has 10 nitrogen and oxygen atoms in total. The van der Waals surface area contributed by atoms with Gasteiger partial charge in [0.25, 0.3) is 0 Å². The second-order valence-corrected chi connectivity index (χ2v) is 13.7. The Hall–Kier alpha value is -4.49. The minimum absolute atomic E-state index is 0.0113. The number of rotatable bonds is 5. The smallest absolute Gasteiger partial charge is 0.345 e. The first-order valence-corrected chi connectivity index (χ1v) is 15.6. The van der Waals surface area contributed by atoms with Crippen LogP contribution >= 0.6 is 0 Å². The molecule has 1 aromatic carbocycles. The van der Waals surface area contributed by atoms with Crippen molar-refractivity contribution in [2.45, 2.75) is 71.7 Å². The molecule has 3 heterocycles. The van der Waals surface area contributed by atoms with Crippen molar-refractivity contribution < 1.29 is 33.3 Å². The number of aromatic nitrogens is 1. The summed E-state index contributed by atoms with van der Waals surface area (Å²) in [5.41, 5.74) is -2.33. The molecule has 0 saturated heterocycles. The predicted octanol–water partition coefficient (Wildman–Crippen LogP) is 5.63. The average molecular weight is 627 g/mol. The molecule has 3 aromatic rings. The highest BCUT2D eigenvalue weighted by Crippen LogP contribution is 2.68. The van der Waals surface area contributed by atoms with Crippen molar-refractivity contribution in [3.63, 3.8) is 0 Å². The van der Waals surface area contributed by atoms with Gasteiger partial charge in [0.1, 0.15) is 34.8 Å². The topological polar surface area (TPSA) is 149 Å². The normalized spacial score (nSPS) is 32.8. The van der Waals surface area contributed by atoms with Gasteiger partial charge in [-0.25, -0.2) is 9.59 Å². The van der Waals surface area contributed by atoms with E-state index in [4.69, 9.17) is 18.6 Å². The third kappa shape index (κ3) is 4.89. The Bertz CT molecular complexity index is 1780. The third-order valence-electron chi connectivity index (χ3n) is 11.2. The number of aliphatic hydroxyl groups is 1. The molecule has 1 N–H and O–H groups in total. The Labute approximate surface area is 267 Å². The van der Waals surface area contributed by atoms with E-state index >= 15 is 0 Å². The van der Waals surface area contributed by atoms with Crippen LogP contribution in [-0.4, -0.2) is 40.3 Å². The Morgan fingerprint density at radius 1 is 1.17 bits per heavy atom. The van der Waals surface area contributed by atoms with Crippen LogP contribution in [-0.2, 0) is 14.3 Å². The summed E-state index contributed by atoms with van der Waals surface area (Å²) in [6.07, 6.45) is 2.76. The summed E-state index contributed by atoms with van der Waals surface area (Å²) in [5.74, 6) is -1.51. The van der Waals surface area contributed by atoms with Crippen molar-refractivity contribution >= 4 is 11.9 Å². The number of ether oxygens (including phenoxy) is 3. The zero-order valence-corrected chi connectivity index (χ0v) is 26.6. The second kappa shape index (κ2) is 11.4. The number of hydrogen-bond acceptors (Lipinski definition) is 10. The van der Waals surface area contributed by atoms with Crippen LogP contribution < -0.4 is 10.4 Å². The molecule has 0 radical (unpaired) electrons. The van der Waals surface area contributed by atoms with Gasteiger partial charge in [-0.3, -0.25) is 9.78 Å². The highest BCUT2D eigenvalue weighted by Gasteiger charge is 2.70. The molecule has 6 rings (SSSR count). The van der Waals surface area contributed by atoms with E-state index in [0.29, 0.717) is 18.4 Å². The van der Waals surface area contributed by atoms with E-state index < -0.39 is 52.1 Å². The molecule has 0 amide bonds. The quantitative estimate of drug-likeness (QED) is 0.353. The van der Waals surface area contributed by atoms with Crippen LogP contribution in [0.3, 0.4) is 0 Å². The number of fused-ring (bicyclic) bond motifs is 4. The van der Waals surface area contributed by atoms with Crippen LogP contribution in [0.2, 0.25) is 0 Å². The van der Waals surface area contributed by atoms with Gasteiger partial charge in [-0.1, -0.05) is 32.9 Å². The summed E-state index contributed by atoms with van der Waals surface area (Å²) >= 11 is 0. The largest absolute Gasteiger partial charge is 0.482 e. The van der Waals surface area contributed by atoms with E-state index in [2.05, 4.69) is 31.8 Å². The summed E-state index contributed by atoms with van der Waals surface area (Å²) in [6.45, 7) is 9.63. The van der Waals surface area contributed by atoms with Crippen molar-refractivity contribution in [3.05, 3.63) is 82.0 Å². The standard InChI is InChI=1S/C36H38N2O8/c1-20-12-13-34(3)27(35(20,4)19-43-21(2)39)16-28(45-32(41)24-11-7-6-9-22(24)17-37)36(5)31(34)30(40)29-26(46-36)15-25(44-33(29)42)23-10-8-14-38-18-23/h6-11,14-15,18,20,27-28,30-31,40H,12-13,16,19H2,1-5H3/t20-,27?,28-,30-,31?,34-,35+,36+/m0/s1. The molecular weight excluding hydrogens is 588 g/mol. The Morgan fingerprint density at radius 3 is 2.63 bits per heavy atom. The molecule has 0 bridgehead atoms. The summed E-state index contributed by atoms with van der Waals surface area (Å²) < 4.78 is 24.4. The number of pyridine rings is 1. The third-order valence-corrected chi connectivity index (χ3v) is 11.2. The number of carbonyl (C=O) groups is 2. The van der Waals surface area contributed by atoms with E-state index in [1.807, 2.05) is 6.92 Å². The first-order valence-electron chi connectivity index (χ1n) is 15.6. The Balaban J connectivity index is 1.51. The molecule has 2 unspecified atom stereocenters. The SMILES string of the molecule is CC(=O)OC[C@@]1(C)C2C[C@H](OC(=O)c3ccccc3C#N)[C@@]3(C)Oc4cc(-c5cccnc5)oc(=O)c4[C@H](O)C3[C@@]2(C)CC[C@@H]1C. The van der Waals surface area contributed by atoms with Gasteiger partial charge in [0.2, 0.25) is 0 Å². The lowest BCUT2D eigenvalue weighted by Gasteiger charge is -2.66. The molecule has 1 aliphatic heterocycles. The number of esters is 2. The van der Waals surface area contributed by atoms with Gasteiger partial charge in [-0.2, -0.15) is 5.26 Å².